The molecule has 1 aromatic rings. The van der Waals surface area contributed by atoms with Crippen LogP contribution in [0.25, 0.3) is 0 Å². The predicted octanol–water partition coefficient (Wildman–Crippen LogP) is 0.958. The molecule has 1 amide bonds. The van der Waals surface area contributed by atoms with Crippen molar-refractivity contribution in [2.45, 2.75) is 31.8 Å². The molecule has 3 rings (SSSR count). The molecule has 2 unspecified atom stereocenters. The van der Waals surface area contributed by atoms with Crippen molar-refractivity contribution in [3.8, 4) is 0 Å². The van der Waals surface area contributed by atoms with E-state index in [4.69, 9.17) is 0 Å². The third-order valence-corrected chi connectivity index (χ3v) is 5.46. The van der Waals surface area contributed by atoms with Gasteiger partial charge in [-0.1, -0.05) is 0 Å². The molecule has 21 heavy (non-hydrogen) atoms. The van der Waals surface area contributed by atoms with Gasteiger partial charge in [-0.05, 0) is 31.8 Å². The van der Waals surface area contributed by atoms with E-state index in [-0.39, 0.29) is 5.91 Å². The lowest BCUT2D eigenvalue weighted by Crippen LogP contribution is -2.44. The number of hydrogen-bond acceptors (Lipinski definition) is 5. The van der Waals surface area contributed by atoms with Gasteiger partial charge in [-0.2, -0.15) is 0 Å². The Morgan fingerprint density at radius 2 is 2.38 bits per heavy atom. The van der Waals surface area contributed by atoms with Gasteiger partial charge in [0.2, 0.25) is 5.91 Å². The minimum Gasteiger partial charge on any atom is -0.348 e. The number of aromatic nitrogens is 1. The molecule has 0 bridgehead atoms. The normalized spacial score (nSPS) is 25.8. The highest BCUT2D eigenvalue weighted by atomic mass is 32.1. The lowest BCUT2D eigenvalue weighted by molar-refractivity contribution is -0.127. The second-order valence-corrected chi connectivity index (χ2v) is 7.24. The highest BCUT2D eigenvalue weighted by Gasteiger charge is 2.34. The Labute approximate surface area is 130 Å². The van der Waals surface area contributed by atoms with Gasteiger partial charge in [0.25, 0.3) is 0 Å². The molecule has 1 N–H and O–H groups in total. The third-order valence-electron chi connectivity index (χ3n) is 4.56. The Bertz CT molecular complexity index is 502. The number of piperidine rings is 1. The molecule has 0 saturated carbocycles. The van der Waals surface area contributed by atoms with Crippen LogP contribution in [0, 0.1) is 5.92 Å². The van der Waals surface area contributed by atoms with Crippen LogP contribution >= 0.6 is 11.3 Å². The number of nitrogens with zero attached hydrogens (tertiary/aromatic N) is 3. The number of carbonyl (C=O) groups excluding carboxylic acids is 1. The standard InChI is InChI=1S/C15H24N4OS/c1-18(2)15(20)6-14-17-12(10-21-14)9-19-5-3-4-11-7-16-8-13(11)19/h10-11,13,16H,3-9H2,1-2H3. The maximum absolute atomic E-state index is 11.7. The summed E-state index contributed by atoms with van der Waals surface area (Å²) in [5.74, 6) is 0.932. The van der Waals surface area contributed by atoms with E-state index in [1.54, 1.807) is 30.3 Å². The summed E-state index contributed by atoms with van der Waals surface area (Å²) in [6.07, 6.45) is 3.07. The van der Waals surface area contributed by atoms with Gasteiger partial charge in [-0.3, -0.25) is 9.69 Å². The molecular formula is C15H24N4OS. The van der Waals surface area contributed by atoms with Gasteiger partial charge in [0.1, 0.15) is 5.01 Å². The molecule has 0 spiro atoms. The lowest BCUT2D eigenvalue weighted by Gasteiger charge is -2.36. The van der Waals surface area contributed by atoms with Crippen LogP contribution in [0.5, 0.6) is 0 Å². The Hall–Kier alpha value is -0.980. The number of fused-ring (bicyclic) bond motifs is 1. The Kier molecular flexibility index (Phi) is 4.57. The largest absolute Gasteiger partial charge is 0.348 e. The van der Waals surface area contributed by atoms with Crippen molar-refractivity contribution in [3.63, 3.8) is 0 Å². The molecule has 0 aromatic carbocycles. The van der Waals surface area contributed by atoms with Gasteiger partial charge in [0.05, 0.1) is 12.1 Å². The number of likely N-dealkylation sites (tertiary alicyclic amines) is 1. The fraction of sp³-hybridized carbons (Fsp3) is 0.733. The lowest BCUT2D eigenvalue weighted by atomic mass is 9.92. The van der Waals surface area contributed by atoms with Crippen LogP contribution in [0.4, 0.5) is 0 Å². The number of amides is 1. The van der Waals surface area contributed by atoms with Gasteiger partial charge in [0, 0.05) is 38.6 Å². The van der Waals surface area contributed by atoms with Crippen LogP contribution in [0.2, 0.25) is 0 Å². The fourth-order valence-corrected chi connectivity index (χ4v) is 4.13. The van der Waals surface area contributed by atoms with Gasteiger partial charge < -0.3 is 10.2 Å². The van der Waals surface area contributed by atoms with Crippen LogP contribution in [0.3, 0.4) is 0 Å². The van der Waals surface area contributed by atoms with Crippen molar-refractivity contribution >= 4 is 17.2 Å². The van der Waals surface area contributed by atoms with Gasteiger partial charge >= 0.3 is 0 Å². The van der Waals surface area contributed by atoms with Crippen LogP contribution in [0.1, 0.15) is 23.5 Å². The summed E-state index contributed by atoms with van der Waals surface area (Å²) in [4.78, 5) is 20.6. The molecule has 2 saturated heterocycles. The van der Waals surface area contributed by atoms with E-state index in [1.165, 1.54) is 25.9 Å². The molecule has 2 fully saturated rings. The highest BCUT2D eigenvalue weighted by molar-refractivity contribution is 7.09. The first-order valence-electron chi connectivity index (χ1n) is 7.71. The second-order valence-electron chi connectivity index (χ2n) is 6.30. The van der Waals surface area contributed by atoms with Crippen molar-refractivity contribution in [2.75, 3.05) is 33.7 Å². The molecule has 1 aromatic heterocycles. The molecule has 5 nitrogen and oxygen atoms in total. The number of hydrogen-bond donors (Lipinski definition) is 1. The summed E-state index contributed by atoms with van der Waals surface area (Å²) in [7, 11) is 3.58. The molecule has 0 radical (unpaired) electrons. The average molecular weight is 308 g/mol. The Balaban J connectivity index is 1.60. The van der Waals surface area contributed by atoms with E-state index in [1.807, 2.05) is 0 Å². The van der Waals surface area contributed by atoms with E-state index in [0.29, 0.717) is 12.5 Å². The average Bonchev–Trinajstić information content (AvgIpc) is 3.08. The Morgan fingerprint density at radius 3 is 3.19 bits per heavy atom. The molecule has 116 valence electrons. The summed E-state index contributed by atoms with van der Waals surface area (Å²) in [6.45, 7) is 4.38. The number of carbonyl (C=O) groups is 1. The highest BCUT2D eigenvalue weighted by Crippen LogP contribution is 2.27. The van der Waals surface area contributed by atoms with Crippen molar-refractivity contribution < 1.29 is 4.79 Å². The zero-order valence-corrected chi connectivity index (χ0v) is 13.7. The second kappa shape index (κ2) is 6.42. The summed E-state index contributed by atoms with van der Waals surface area (Å²) in [5, 5.41) is 6.56. The first-order valence-corrected chi connectivity index (χ1v) is 8.59. The SMILES string of the molecule is CN(C)C(=O)Cc1nc(CN2CCCC3CNCC32)cs1. The van der Waals surface area contributed by atoms with Crippen LogP contribution < -0.4 is 5.32 Å². The monoisotopic (exact) mass is 308 g/mol. The van der Waals surface area contributed by atoms with Crippen LogP contribution in [-0.4, -0.2) is 60.5 Å². The number of rotatable bonds is 4. The summed E-state index contributed by atoms with van der Waals surface area (Å²) in [6, 6.07) is 0.673. The maximum Gasteiger partial charge on any atom is 0.228 e. The van der Waals surface area contributed by atoms with Gasteiger partial charge in [-0.15, -0.1) is 11.3 Å². The maximum atomic E-state index is 11.7. The summed E-state index contributed by atoms with van der Waals surface area (Å²) < 4.78 is 0. The number of likely N-dealkylation sites (N-methyl/N-ethyl adjacent to an activating group) is 1. The summed E-state index contributed by atoms with van der Waals surface area (Å²) in [5.41, 5.74) is 1.12. The minimum atomic E-state index is 0.119. The quantitative estimate of drug-likeness (QED) is 0.900. The van der Waals surface area contributed by atoms with E-state index in [0.717, 1.165) is 29.7 Å². The molecule has 6 heteroatoms. The molecule has 3 heterocycles. The molecular weight excluding hydrogens is 284 g/mol. The Morgan fingerprint density at radius 1 is 1.52 bits per heavy atom. The van der Waals surface area contributed by atoms with E-state index in [2.05, 4.69) is 20.6 Å². The molecule has 0 aliphatic carbocycles. The van der Waals surface area contributed by atoms with Gasteiger partial charge in [0.15, 0.2) is 0 Å². The number of thiazole rings is 1. The summed E-state index contributed by atoms with van der Waals surface area (Å²) >= 11 is 1.61. The number of nitrogens with one attached hydrogen (secondary N) is 1. The topological polar surface area (TPSA) is 48.5 Å². The van der Waals surface area contributed by atoms with Crippen LogP contribution in [0.15, 0.2) is 5.38 Å². The smallest absolute Gasteiger partial charge is 0.228 e. The zero-order chi connectivity index (χ0) is 14.8. The zero-order valence-electron chi connectivity index (χ0n) is 12.8. The van der Waals surface area contributed by atoms with Crippen molar-refractivity contribution in [1.29, 1.82) is 0 Å². The first-order chi connectivity index (χ1) is 10.1. The predicted molar refractivity (Wildman–Crippen MR) is 84.3 cm³/mol. The van der Waals surface area contributed by atoms with Crippen molar-refractivity contribution in [3.05, 3.63) is 16.1 Å². The van der Waals surface area contributed by atoms with Crippen molar-refractivity contribution in [1.82, 2.24) is 20.1 Å². The van der Waals surface area contributed by atoms with Crippen molar-refractivity contribution in [2.24, 2.45) is 5.92 Å². The molecule has 2 atom stereocenters. The molecule has 2 aliphatic rings. The van der Waals surface area contributed by atoms with Crippen LogP contribution in [-0.2, 0) is 17.8 Å². The fourth-order valence-electron chi connectivity index (χ4n) is 3.36. The molecule has 2 aliphatic heterocycles. The van der Waals surface area contributed by atoms with E-state index < -0.39 is 0 Å². The van der Waals surface area contributed by atoms with E-state index in [9.17, 15) is 4.79 Å². The third kappa shape index (κ3) is 3.44. The van der Waals surface area contributed by atoms with Gasteiger partial charge in [-0.25, -0.2) is 4.98 Å². The minimum absolute atomic E-state index is 0.119. The first kappa shape index (κ1) is 14.9. The van der Waals surface area contributed by atoms with E-state index >= 15 is 0 Å².